The summed E-state index contributed by atoms with van der Waals surface area (Å²) in [5, 5.41) is 10.1. The molecule has 1 aromatic carbocycles. The molecule has 2 atom stereocenters. The predicted octanol–water partition coefficient (Wildman–Crippen LogP) is 2.26. The second-order valence-electron chi connectivity index (χ2n) is 6.07. The quantitative estimate of drug-likeness (QED) is 0.925. The SMILES string of the molecule is COc1cc(S(C)(=O)=O)c2c(c1)cc1n2C(C(C)C(=O)O)CC1. The first kappa shape index (κ1) is 15.9. The normalized spacial score (nSPS) is 18.8. The highest BCUT2D eigenvalue weighted by molar-refractivity contribution is 7.91. The van der Waals surface area contributed by atoms with E-state index >= 15 is 0 Å². The van der Waals surface area contributed by atoms with Crippen molar-refractivity contribution in [2.75, 3.05) is 13.4 Å². The Morgan fingerprint density at radius 3 is 2.65 bits per heavy atom. The van der Waals surface area contributed by atoms with E-state index in [0.717, 1.165) is 23.8 Å². The van der Waals surface area contributed by atoms with E-state index in [2.05, 4.69) is 0 Å². The maximum atomic E-state index is 12.2. The Morgan fingerprint density at radius 2 is 2.09 bits per heavy atom. The van der Waals surface area contributed by atoms with Crippen LogP contribution in [0.1, 0.15) is 25.1 Å². The molecule has 2 unspecified atom stereocenters. The molecule has 0 radical (unpaired) electrons. The number of carboxylic acid groups (broad SMARTS) is 1. The van der Waals surface area contributed by atoms with Crippen LogP contribution in [0.15, 0.2) is 23.1 Å². The van der Waals surface area contributed by atoms with Gasteiger partial charge in [0.05, 0.1) is 23.4 Å². The highest BCUT2D eigenvalue weighted by Gasteiger charge is 2.34. The van der Waals surface area contributed by atoms with Crippen LogP contribution in [-0.2, 0) is 21.1 Å². The molecule has 0 fully saturated rings. The van der Waals surface area contributed by atoms with Crippen LogP contribution in [0.3, 0.4) is 0 Å². The molecule has 1 aromatic heterocycles. The number of carbonyl (C=O) groups is 1. The van der Waals surface area contributed by atoms with Crippen LogP contribution in [0.2, 0.25) is 0 Å². The molecule has 1 aliphatic heterocycles. The fourth-order valence-corrected chi connectivity index (χ4v) is 4.30. The summed E-state index contributed by atoms with van der Waals surface area (Å²) in [4.78, 5) is 11.6. The minimum absolute atomic E-state index is 0.183. The van der Waals surface area contributed by atoms with Gasteiger partial charge >= 0.3 is 5.97 Å². The van der Waals surface area contributed by atoms with Gasteiger partial charge in [-0.05, 0) is 31.9 Å². The highest BCUT2D eigenvalue weighted by atomic mass is 32.2. The number of ether oxygens (including phenoxy) is 1. The van der Waals surface area contributed by atoms with Crippen molar-refractivity contribution < 1.29 is 23.1 Å². The lowest BCUT2D eigenvalue weighted by Crippen LogP contribution is -2.21. The number of aryl methyl sites for hydroxylation is 1. The molecule has 0 aliphatic carbocycles. The van der Waals surface area contributed by atoms with Crippen LogP contribution in [0.25, 0.3) is 10.9 Å². The van der Waals surface area contributed by atoms with Crippen LogP contribution < -0.4 is 4.74 Å². The molecule has 0 bridgehead atoms. The van der Waals surface area contributed by atoms with Gasteiger partial charge in [-0.1, -0.05) is 0 Å². The second-order valence-corrected chi connectivity index (χ2v) is 8.06. The van der Waals surface area contributed by atoms with Gasteiger partial charge in [-0.3, -0.25) is 4.79 Å². The number of aromatic nitrogens is 1. The fourth-order valence-electron chi connectivity index (χ4n) is 3.40. The summed E-state index contributed by atoms with van der Waals surface area (Å²) < 4.78 is 31.6. The van der Waals surface area contributed by atoms with E-state index in [1.54, 1.807) is 13.0 Å². The Morgan fingerprint density at radius 1 is 1.39 bits per heavy atom. The lowest BCUT2D eigenvalue weighted by molar-refractivity contribution is -0.142. The molecular formula is C16H19NO5S. The van der Waals surface area contributed by atoms with Crippen molar-refractivity contribution in [3.05, 3.63) is 23.9 Å². The number of benzene rings is 1. The minimum Gasteiger partial charge on any atom is -0.497 e. The van der Waals surface area contributed by atoms with Crippen LogP contribution in [0, 0.1) is 5.92 Å². The van der Waals surface area contributed by atoms with Gasteiger partial charge in [-0.15, -0.1) is 0 Å². The number of carboxylic acids is 1. The Bertz CT molecular complexity index is 897. The number of methoxy groups -OCH3 is 1. The number of fused-ring (bicyclic) bond motifs is 3. The Hall–Kier alpha value is -2.02. The van der Waals surface area contributed by atoms with Gasteiger partial charge in [0.2, 0.25) is 0 Å². The lowest BCUT2D eigenvalue weighted by atomic mass is 9.99. The smallest absolute Gasteiger partial charge is 0.308 e. The van der Waals surface area contributed by atoms with Gasteiger partial charge < -0.3 is 14.4 Å². The zero-order chi connectivity index (χ0) is 16.9. The van der Waals surface area contributed by atoms with Crippen molar-refractivity contribution in [2.45, 2.75) is 30.7 Å². The summed E-state index contributed by atoms with van der Waals surface area (Å²) in [5.41, 5.74) is 1.55. The largest absolute Gasteiger partial charge is 0.497 e. The molecule has 7 heteroatoms. The molecule has 6 nitrogen and oxygen atoms in total. The maximum absolute atomic E-state index is 12.2. The summed E-state index contributed by atoms with van der Waals surface area (Å²) >= 11 is 0. The first-order chi connectivity index (χ1) is 10.7. The molecule has 0 amide bonds. The van der Waals surface area contributed by atoms with Crippen molar-refractivity contribution in [1.29, 1.82) is 0 Å². The number of aliphatic carboxylic acids is 1. The number of hydrogen-bond acceptors (Lipinski definition) is 4. The molecule has 2 heterocycles. The van der Waals surface area contributed by atoms with Crippen molar-refractivity contribution in [3.63, 3.8) is 0 Å². The molecule has 3 rings (SSSR count). The first-order valence-electron chi connectivity index (χ1n) is 7.38. The number of rotatable bonds is 4. The van der Waals surface area contributed by atoms with Crippen molar-refractivity contribution in [1.82, 2.24) is 4.57 Å². The average molecular weight is 337 g/mol. The second kappa shape index (κ2) is 5.26. The summed E-state index contributed by atoms with van der Waals surface area (Å²) in [6.45, 7) is 1.66. The first-order valence-corrected chi connectivity index (χ1v) is 9.28. The van der Waals surface area contributed by atoms with E-state index in [9.17, 15) is 18.3 Å². The summed E-state index contributed by atoms with van der Waals surface area (Å²) in [7, 11) is -1.98. The molecule has 0 saturated carbocycles. The molecule has 0 spiro atoms. The number of hydrogen-bond donors (Lipinski definition) is 1. The number of nitrogens with zero attached hydrogens (tertiary/aromatic N) is 1. The lowest BCUT2D eigenvalue weighted by Gasteiger charge is -2.20. The van der Waals surface area contributed by atoms with Crippen LogP contribution in [-0.4, -0.2) is 37.4 Å². The van der Waals surface area contributed by atoms with Crippen molar-refractivity contribution >= 4 is 26.7 Å². The standard InChI is InChI=1S/C16H19NO5S/c1-9(16(18)19)13-5-4-11-6-10-7-12(22-2)8-14(23(3,20)21)15(10)17(11)13/h6-9,13H,4-5H2,1-3H3,(H,18,19). The molecule has 2 aromatic rings. The van der Waals surface area contributed by atoms with Crippen molar-refractivity contribution in [2.24, 2.45) is 5.92 Å². The van der Waals surface area contributed by atoms with Gasteiger partial charge in [0, 0.05) is 29.4 Å². The van der Waals surface area contributed by atoms with E-state index < -0.39 is 21.7 Å². The third kappa shape index (κ3) is 2.49. The Kier molecular flexibility index (Phi) is 3.63. The van der Waals surface area contributed by atoms with E-state index in [4.69, 9.17) is 4.74 Å². The number of sulfone groups is 1. The molecule has 1 aliphatic rings. The van der Waals surface area contributed by atoms with Gasteiger partial charge in [0.15, 0.2) is 9.84 Å². The molecular weight excluding hydrogens is 318 g/mol. The summed E-state index contributed by atoms with van der Waals surface area (Å²) in [5.74, 6) is -0.981. The monoisotopic (exact) mass is 337 g/mol. The zero-order valence-corrected chi connectivity index (χ0v) is 14.1. The zero-order valence-electron chi connectivity index (χ0n) is 13.2. The fraction of sp³-hybridized carbons (Fsp3) is 0.438. The highest BCUT2D eigenvalue weighted by Crippen LogP contribution is 2.41. The van der Waals surface area contributed by atoms with Crippen molar-refractivity contribution in [3.8, 4) is 5.75 Å². The van der Waals surface area contributed by atoms with E-state index in [1.807, 2.05) is 10.6 Å². The van der Waals surface area contributed by atoms with Crippen LogP contribution in [0.4, 0.5) is 0 Å². The van der Waals surface area contributed by atoms with Crippen LogP contribution in [0.5, 0.6) is 5.75 Å². The molecule has 23 heavy (non-hydrogen) atoms. The van der Waals surface area contributed by atoms with Gasteiger partial charge in [0.25, 0.3) is 0 Å². The third-order valence-electron chi connectivity index (χ3n) is 4.58. The van der Waals surface area contributed by atoms with Crippen LogP contribution >= 0.6 is 0 Å². The maximum Gasteiger partial charge on any atom is 0.308 e. The van der Waals surface area contributed by atoms with Gasteiger partial charge in [-0.2, -0.15) is 0 Å². The summed E-state index contributed by atoms with van der Waals surface area (Å²) in [6, 6.07) is 4.99. The molecule has 0 saturated heterocycles. The molecule has 124 valence electrons. The predicted molar refractivity (Wildman–Crippen MR) is 85.8 cm³/mol. The van der Waals surface area contributed by atoms with E-state index in [-0.39, 0.29) is 10.9 Å². The van der Waals surface area contributed by atoms with Gasteiger partial charge in [0.1, 0.15) is 5.75 Å². The van der Waals surface area contributed by atoms with E-state index in [0.29, 0.717) is 17.7 Å². The summed E-state index contributed by atoms with van der Waals surface area (Å²) in [6.07, 6.45) is 2.60. The topological polar surface area (TPSA) is 85.6 Å². The molecule has 1 N–H and O–H groups in total. The minimum atomic E-state index is -3.47. The average Bonchev–Trinajstić information content (AvgIpc) is 3.02. The van der Waals surface area contributed by atoms with E-state index in [1.165, 1.54) is 13.2 Å². The van der Waals surface area contributed by atoms with Gasteiger partial charge in [-0.25, -0.2) is 8.42 Å². The Balaban J connectivity index is 2.33. The Labute approximate surface area is 134 Å². The third-order valence-corrected chi connectivity index (χ3v) is 5.69.